The highest BCUT2D eigenvalue weighted by Gasteiger charge is 2.33. The van der Waals surface area contributed by atoms with Gasteiger partial charge in [-0.3, -0.25) is 13.9 Å². The van der Waals surface area contributed by atoms with Crippen molar-refractivity contribution in [2.45, 2.75) is 44.2 Å². The van der Waals surface area contributed by atoms with Gasteiger partial charge in [0.2, 0.25) is 11.8 Å². The predicted octanol–water partition coefficient (Wildman–Crippen LogP) is 5.12. The third-order valence-corrected chi connectivity index (χ3v) is 8.19. The van der Waals surface area contributed by atoms with Crippen LogP contribution in [0.4, 0.5) is 10.1 Å². The van der Waals surface area contributed by atoms with Crippen LogP contribution in [0.3, 0.4) is 0 Å². The Balaban J connectivity index is 2.03. The molecule has 1 atom stereocenters. The molecule has 0 fully saturated rings. The van der Waals surface area contributed by atoms with Gasteiger partial charge in [0, 0.05) is 17.6 Å². The van der Waals surface area contributed by atoms with Crippen molar-refractivity contribution in [2.75, 3.05) is 17.4 Å². The minimum atomic E-state index is -4.13. The van der Waals surface area contributed by atoms with E-state index in [0.717, 1.165) is 10.7 Å². The molecule has 0 aromatic heterocycles. The zero-order valence-corrected chi connectivity index (χ0v) is 23.7. The van der Waals surface area contributed by atoms with E-state index in [-0.39, 0.29) is 17.3 Å². The number of benzene rings is 3. The summed E-state index contributed by atoms with van der Waals surface area (Å²) in [4.78, 5) is 28.3. The summed E-state index contributed by atoms with van der Waals surface area (Å²) in [5.41, 5.74) is 0.906. The van der Waals surface area contributed by atoms with Crippen LogP contribution in [0, 0.1) is 5.82 Å². The first kappa shape index (κ1) is 29.3. The summed E-state index contributed by atoms with van der Waals surface area (Å²) in [6, 6.07) is 19.3. The molecule has 0 spiro atoms. The maximum absolute atomic E-state index is 13.9. The minimum absolute atomic E-state index is 0.00880. The zero-order valence-electron chi connectivity index (χ0n) is 21.3. The van der Waals surface area contributed by atoms with Crippen molar-refractivity contribution in [1.29, 1.82) is 0 Å². The number of carbonyl (C=O) groups is 2. The van der Waals surface area contributed by atoms with E-state index in [4.69, 9.17) is 0 Å². The van der Waals surface area contributed by atoms with Crippen molar-refractivity contribution in [1.82, 2.24) is 10.2 Å². The number of sulfonamides is 1. The summed E-state index contributed by atoms with van der Waals surface area (Å²) in [7, 11) is -4.13. The van der Waals surface area contributed by atoms with Crippen molar-refractivity contribution < 1.29 is 22.4 Å². The lowest BCUT2D eigenvalue weighted by Gasteiger charge is -2.33. The maximum atomic E-state index is 13.9. The van der Waals surface area contributed by atoms with Gasteiger partial charge in [-0.25, -0.2) is 12.8 Å². The van der Waals surface area contributed by atoms with Gasteiger partial charge in [-0.05, 0) is 60.9 Å². The van der Waals surface area contributed by atoms with Gasteiger partial charge in [0.1, 0.15) is 18.4 Å². The average Bonchev–Trinajstić information content (AvgIpc) is 2.91. The SMILES string of the molecule is CCCNC(=O)C(CC)N(Cc1ccc(F)cc1)C(=O)CN(c1cccc(Br)c1)S(=O)(=O)c1ccccc1. The molecule has 0 aliphatic rings. The van der Waals surface area contributed by atoms with Crippen LogP contribution in [-0.2, 0) is 26.2 Å². The standard InChI is InChI=1S/C28H31BrFN3O4S/c1-3-17-31-28(35)26(4-2)32(19-21-13-15-23(30)16-14-21)27(34)20-33(24-10-8-9-22(29)18-24)38(36,37)25-11-6-5-7-12-25/h5-16,18,26H,3-4,17,19-20H2,1-2H3,(H,31,35). The highest BCUT2D eigenvalue weighted by atomic mass is 79.9. The van der Waals surface area contributed by atoms with Gasteiger partial charge >= 0.3 is 0 Å². The van der Waals surface area contributed by atoms with Gasteiger partial charge in [0.05, 0.1) is 10.6 Å². The number of anilines is 1. The molecule has 0 saturated carbocycles. The zero-order chi connectivity index (χ0) is 27.7. The van der Waals surface area contributed by atoms with E-state index in [1.807, 2.05) is 6.92 Å². The first-order valence-electron chi connectivity index (χ1n) is 12.3. The molecule has 3 aromatic carbocycles. The fraction of sp³-hybridized carbons (Fsp3) is 0.286. The molecule has 3 aromatic rings. The van der Waals surface area contributed by atoms with Crippen LogP contribution in [0.15, 0.2) is 88.2 Å². The lowest BCUT2D eigenvalue weighted by molar-refractivity contribution is -0.140. The summed E-state index contributed by atoms with van der Waals surface area (Å²) in [5, 5.41) is 2.83. The lowest BCUT2D eigenvalue weighted by atomic mass is 10.1. The molecule has 202 valence electrons. The molecule has 1 N–H and O–H groups in total. The molecular formula is C28H31BrFN3O4S. The molecule has 10 heteroatoms. The molecule has 0 bridgehead atoms. The third-order valence-electron chi connectivity index (χ3n) is 5.91. The molecule has 2 amide bonds. The first-order valence-corrected chi connectivity index (χ1v) is 14.6. The molecule has 38 heavy (non-hydrogen) atoms. The normalized spacial score (nSPS) is 12.0. The van der Waals surface area contributed by atoms with Gasteiger partial charge in [0.25, 0.3) is 10.0 Å². The Kier molecular flexibility index (Phi) is 10.4. The molecule has 0 heterocycles. The van der Waals surface area contributed by atoms with Gasteiger partial charge in [-0.1, -0.05) is 66.2 Å². The highest BCUT2D eigenvalue weighted by Crippen LogP contribution is 2.27. The fourth-order valence-corrected chi connectivity index (χ4v) is 5.77. The number of hydrogen-bond donors (Lipinski definition) is 1. The van der Waals surface area contributed by atoms with E-state index in [0.29, 0.717) is 28.7 Å². The Morgan fingerprint density at radius 3 is 2.26 bits per heavy atom. The van der Waals surface area contributed by atoms with Gasteiger partial charge in [0.15, 0.2) is 0 Å². The smallest absolute Gasteiger partial charge is 0.264 e. The van der Waals surface area contributed by atoms with Crippen molar-refractivity contribution in [2.24, 2.45) is 0 Å². The van der Waals surface area contributed by atoms with Crippen molar-refractivity contribution in [3.63, 3.8) is 0 Å². The van der Waals surface area contributed by atoms with Gasteiger partial charge < -0.3 is 10.2 Å². The van der Waals surface area contributed by atoms with Crippen LogP contribution in [0.25, 0.3) is 0 Å². The number of rotatable bonds is 12. The largest absolute Gasteiger partial charge is 0.354 e. The van der Waals surface area contributed by atoms with Crippen LogP contribution in [0.1, 0.15) is 32.3 Å². The van der Waals surface area contributed by atoms with Crippen molar-refractivity contribution in [3.05, 3.63) is 94.7 Å². The van der Waals surface area contributed by atoms with E-state index in [1.165, 1.54) is 29.2 Å². The van der Waals surface area contributed by atoms with Crippen LogP contribution < -0.4 is 9.62 Å². The van der Waals surface area contributed by atoms with Crippen LogP contribution in [0.2, 0.25) is 0 Å². The van der Waals surface area contributed by atoms with Crippen molar-refractivity contribution >= 4 is 43.5 Å². The molecule has 3 rings (SSSR count). The van der Waals surface area contributed by atoms with Crippen LogP contribution in [0.5, 0.6) is 0 Å². The van der Waals surface area contributed by atoms with E-state index < -0.39 is 34.3 Å². The number of hydrogen-bond acceptors (Lipinski definition) is 4. The second-order valence-electron chi connectivity index (χ2n) is 8.67. The number of carbonyl (C=O) groups excluding carboxylic acids is 2. The molecule has 0 saturated heterocycles. The van der Waals surface area contributed by atoms with E-state index in [2.05, 4.69) is 21.2 Å². The number of nitrogens with zero attached hydrogens (tertiary/aromatic N) is 2. The predicted molar refractivity (Wildman–Crippen MR) is 149 cm³/mol. The van der Waals surface area contributed by atoms with Gasteiger partial charge in [-0.2, -0.15) is 0 Å². The Hall–Kier alpha value is -3.24. The third kappa shape index (κ3) is 7.41. The summed E-state index contributed by atoms with van der Waals surface area (Å²) < 4.78 is 42.7. The fourth-order valence-electron chi connectivity index (χ4n) is 3.95. The summed E-state index contributed by atoms with van der Waals surface area (Å²) in [6.07, 6.45) is 1.03. The molecule has 0 radical (unpaired) electrons. The Labute approximate surface area is 231 Å². The Morgan fingerprint density at radius 2 is 1.66 bits per heavy atom. The van der Waals surface area contributed by atoms with Crippen LogP contribution in [-0.4, -0.2) is 44.3 Å². The van der Waals surface area contributed by atoms with E-state index in [9.17, 15) is 22.4 Å². The molecule has 1 unspecified atom stereocenters. The topological polar surface area (TPSA) is 86.8 Å². The lowest BCUT2D eigenvalue weighted by Crippen LogP contribution is -2.52. The second-order valence-corrected chi connectivity index (χ2v) is 11.4. The average molecular weight is 605 g/mol. The van der Waals surface area contributed by atoms with E-state index >= 15 is 0 Å². The number of halogens is 2. The monoisotopic (exact) mass is 603 g/mol. The van der Waals surface area contributed by atoms with E-state index in [1.54, 1.807) is 61.5 Å². The minimum Gasteiger partial charge on any atom is -0.354 e. The maximum Gasteiger partial charge on any atom is 0.264 e. The summed E-state index contributed by atoms with van der Waals surface area (Å²) in [6.45, 7) is 3.63. The molecule has 0 aliphatic carbocycles. The number of amides is 2. The Bertz CT molecular complexity index is 1340. The number of nitrogens with one attached hydrogen (secondary N) is 1. The molecule has 7 nitrogen and oxygen atoms in total. The summed E-state index contributed by atoms with van der Waals surface area (Å²) >= 11 is 3.38. The first-order chi connectivity index (χ1) is 18.2. The summed E-state index contributed by atoms with van der Waals surface area (Å²) in [5.74, 6) is -1.31. The molecular weight excluding hydrogens is 573 g/mol. The van der Waals surface area contributed by atoms with Gasteiger partial charge in [-0.15, -0.1) is 0 Å². The molecule has 0 aliphatic heterocycles. The van der Waals surface area contributed by atoms with Crippen molar-refractivity contribution in [3.8, 4) is 0 Å². The Morgan fingerprint density at radius 1 is 0.974 bits per heavy atom. The highest BCUT2D eigenvalue weighted by molar-refractivity contribution is 9.10. The quantitative estimate of drug-likeness (QED) is 0.311. The van der Waals surface area contributed by atoms with Crippen LogP contribution >= 0.6 is 15.9 Å². The second kappa shape index (κ2) is 13.5.